The van der Waals surface area contributed by atoms with Gasteiger partial charge in [-0.3, -0.25) is 0 Å². The lowest BCUT2D eigenvalue weighted by Gasteiger charge is -2.05. The highest BCUT2D eigenvalue weighted by atomic mass is 35.5. The Morgan fingerprint density at radius 3 is 2.40 bits per heavy atom. The third-order valence-electron chi connectivity index (χ3n) is 1.74. The van der Waals surface area contributed by atoms with Crippen LogP contribution in [-0.2, 0) is 4.74 Å². The second-order valence-corrected chi connectivity index (χ2v) is 3.09. The van der Waals surface area contributed by atoms with Crippen molar-refractivity contribution in [1.82, 2.24) is 0 Å². The molecule has 0 unspecified atom stereocenters. The lowest BCUT2D eigenvalue weighted by atomic mass is 10.1. The number of halogens is 1. The quantitative estimate of drug-likeness (QED) is 0.595. The van der Waals surface area contributed by atoms with Crippen LogP contribution in [0.5, 0.6) is 0 Å². The molecule has 1 rings (SSSR count). The van der Waals surface area contributed by atoms with E-state index in [4.69, 9.17) is 17.3 Å². The summed E-state index contributed by atoms with van der Waals surface area (Å²) >= 11 is 5.80. The minimum Gasteiger partial charge on any atom is -0.465 e. The highest BCUT2D eigenvalue weighted by Crippen LogP contribution is 2.22. The first-order valence-corrected chi connectivity index (χ1v) is 5.08. The summed E-state index contributed by atoms with van der Waals surface area (Å²) < 4.78 is 4.55. The maximum absolute atomic E-state index is 11.2. The monoisotopic (exact) mass is 229 g/mol. The number of nitrogens with two attached hydrogens (primary N) is 1. The molecule has 2 N–H and O–H groups in total. The highest BCUT2D eigenvalue weighted by molar-refractivity contribution is 6.31. The zero-order chi connectivity index (χ0) is 12.0. The standard InChI is InChI=1S/C9H10ClNO2.C2H6/c1-5-3-6(9(12)13-2)8(11)4-7(5)10;1-2/h3-4H,11H2,1-2H3;1-2H3. The van der Waals surface area contributed by atoms with Crippen LogP contribution < -0.4 is 5.73 Å². The molecular formula is C11H16ClNO2. The molecule has 0 fully saturated rings. The fraction of sp³-hybridized carbons (Fsp3) is 0.364. The summed E-state index contributed by atoms with van der Waals surface area (Å²) in [7, 11) is 1.31. The molecule has 0 aliphatic heterocycles. The Balaban J connectivity index is 0.000000921. The van der Waals surface area contributed by atoms with Gasteiger partial charge in [-0.15, -0.1) is 0 Å². The average Bonchev–Trinajstić information content (AvgIpc) is 2.25. The molecular weight excluding hydrogens is 214 g/mol. The van der Waals surface area contributed by atoms with E-state index in [0.29, 0.717) is 16.3 Å². The van der Waals surface area contributed by atoms with Gasteiger partial charge in [-0.2, -0.15) is 0 Å². The van der Waals surface area contributed by atoms with E-state index in [2.05, 4.69) is 4.74 Å². The molecule has 0 aromatic heterocycles. The smallest absolute Gasteiger partial charge is 0.339 e. The first-order chi connectivity index (χ1) is 7.06. The number of rotatable bonds is 1. The van der Waals surface area contributed by atoms with E-state index in [0.717, 1.165) is 5.56 Å². The van der Waals surface area contributed by atoms with E-state index in [1.54, 1.807) is 19.1 Å². The molecule has 4 heteroatoms. The third kappa shape index (κ3) is 3.44. The van der Waals surface area contributed by atoms with Crippen LogP contribution in [0.3, 0.4) is 0 Å². The Labute approximate surface area is 95.2 Å². The molecule has 0 saturated carbocycles. The van der Waals surface area contributed by atoms with Crippen molar-refractivity contribution in [2.45, 2.75) is 20.8 Å². The maximum atomic E-state index is 11.2. The van der Waals surface area contributed by atoms with E-state index in [-0.39, 0.29) is 0 Å². The van der Waals surface area contributed by atoms with Crippen LogP contribution in [-0.4, -0.2) is 13.1 Å². The Kier molecular flexibility index (Phi) is 5.79. The number of nitrogen functional groups attached to an aromatic ring is 1. The van der Waals surface area contributed by atoms with Crippen LogP contribution in [0.1, 0.15) is 29.8 Å². The number of hydrogen-bond acceptors (Lipinski definition) is 3. The van der Waals surface area contributed by atoms with Crippen molar-refractivity contribution in [2.24, 2.45) is 0 Å². The van der Waals surface area contributed by atoms with Gasteiger partial charge >= 0.3 is 5.97 Å². The second kappa shape index (κ2) is 6.30. The summed E-state index contributed by atoms with van der Waals surface area (Å²) in [6.45, 7) is 5.80. The largest absolute Gasteiger partial charge is 0.465 e. The fourth-order valence-corrected chi connectivity index (χ4v) is 1.16. The van der Waals surface area contributed by atoms with Crippen molar-refractivity contribution >= 4 is 23.3 Å². The van der Waals surface area contributed by atoms with E-state index < -0.39 is 5.97 Å². The van der Waals surface area contributed by atoms with Gasteiger partial charge in [0.15, 0.2) is 0 Å². The number of carbonyl (C=O) groups excluding carboxylic acids is 1. The van der Waals surface area contributed by atoms with Crippen molar-refractivity contribution < 1.29 is 9.53 Å². The minimum absolute atomic E-state index is 0.336. The van der Waals surface area contributed by atoms with E-state index >= 15 is 0 Å². The predicted octanol–water partition coefficient (Wildman–Crippen LogP) is 3.04. The molecule has 1 aromatic rings. The number of methoxy groups -OCH3 is 1. The second-order valence-electron chi connectivity index (χ2n) is 2.68. The Hall–Kier alpha value is -1.22. The van der Waals surface area contributed by atoms with Gasteiger partial charge in [-0.05, 0) is 24.6 Å². The number of aryl methyl sites for hydroxylation is 1. The van der Waals surface area contributed by atoms with Crippen molar-refractivity contribution in [3.8, 4) is 0 Å². The molecule has 3 nitrogen and oxygen atoms in total. The molecule has 0 atom stereocenters. The van der Waals surface area contributed by atoms with E-state index in [1.807, 2.05) is 13.8 Å². The first kappa shape index (κ1) is 13.8. The van der Waals surface area contributed by atoms with Gasteiger partial charge in [0.25, 0.3) is 0 Å². The van der Waals surface area contributed by atoms with Crippen molar-refractivity contribution in [2.75, 3.05) is 12.8 Å². The van der Waals surface area contributed by atoms with Gasteiger partial charge < -0.3 is 10.5 Å². The average molecular weight is 230 g/mol. The van der Waals surface area contributed by atoms with Crippen LogP contribution in [0.25, 0.3) is 0 Å². The normalized spacial score (nSPS) is 8.87. The Morgan fingerprint density at radius 2 is 1.93 bits per heavy atom. The van der Waals surface area contributed by atoms with Crippen LogP contribution >= 0.6 is 11.6 Å². The number of carbonyl (C=O) groups is 1. The minimum atomic E-state index is -0.447. The summed E-state index contributed by atoms with van der Waals surface area (Å²) in [6.07, 6.45) is 0. The van der Waals surface area contributed by atoms with Crippen LogP contribution in [0.15, 0.2) is 12.1 Å². The lowest BCUT2D eigenvalue weighted by Crippen LogP contribution is -2.05. The zero-order valence-electron chi connectivity index (χ0n) is 9.43. The van der Waals surface area contributed by atoms with Crippen LogP contribution in [0, 0.1) is 6.92 Å². The van der Waals surface area contributed by atoms with Crippen LogP contribution in [0.4, 0.5) is 5.69 Å². The molecule has 0 aliphatic carbocycles. The number of esters is 1. The van der Waals surface area contributed by atoms with Gasteiger partial charge in [-0.1, -0.05) is 25.4 Å². The summed E-state index contributed by atoms with van der Waals surface area (Å²) in [6, 6.07) is 3.16. The molecule has 0 radical (unpaired) electrons. The number of ether oxygens (including phenoxy) is 1. The molecule has 0 amide bonds. The fourth-order valence-electron chi connectivity index (χ4n) is 0.984. The molecule has 84 valence electrons. The first-order valence-electron chi connectivity index (χ1n) is 4.70. The molecule has 15 heavy (non-hydrogen) atoms. The third-order valence-corrected chi connectivity index (χ3v) is 2.14. The molecule has 0 aliphatic rings. The zero-order valence-corrected chi connectivity index (χ0v) is 10.2. The molecule has 0 bridgehead atoms. The van der Waals surface area contributed by atoms with Gasteiger partial charge in [0.2, 0.25) is 0 Å². The van der Waals surface area contributed by atoms with Crippen molar-refractivity contribution in [3.63, 3.8) is 0 Å². The molecule has 0 saturated heterocycles. The van der Waals surface area contributed by atoms with Gasteiger partial charge in [-0.25, -0.2) is 4.79 Å². The van der Waals surface area contributed by atoms with Gasteiger partial charge in [0.1, 0.15) is 0 Å². The van der Waals surface area contributed by atoms with Gasteiger partial charge in [0.05, 0.1) is 12.7 Å². The topological polar surface area (TPSA) is 52.3 Å². The van der Waals surface area contributed by atoms with E-state index in [1.165, 1.54) is 7.11 Å². The number of benzene rings is 1. The summed E-state index contributed by atoms with van der Waals surface area (Å²) in [5.41, 5.74) is 7.07. The van der Waals surface area contributed by atoms with Crippen LogP contribution in [0.2, 0.25) is 5.02 Å². The number of anilines is 1. The Morgan fingerprint density at radius 1 is 1.40 bits per heavy atom. The molecule has 0 heterocycles. The molecule has 0 spiro atoms. The Bertz CT molecular complexity index is 351. The maximum Gasteiger partial charge on any atom is 0.339 e. The van der Waals surface area contributed by atoms with E-state index in [9.17, 15) is 4.79 Å². The lowest BCUT2D eigenvalue weighted by molar-refractivity contribution is 0.0602. The summed E-state index contributed by atoms with van der Waals surface area (Å²) in [5, 5.41) is 0.546. The SMILES string of the molecule is CC.COC(=O)c1cc(C)c(Cl)cc1N. The highest BCUT2D eigenvalue weighted by Gasteiger charge is 2.11. The van der Waals surface area contributed by atoms with Crippen molar-refractivity contribution in [3.05, 3.63) is 28.3 Å². The summed E-state index contributed by atoms with van der Waals surface area (Å²) in [5.74, 6) is -0.447. The van der Waals surface area contributed by atoms with Gasteiger partial charge in [0, 0.05) is 10.7 Å². The number of hydrogen-bond donors (Lipinski definition) is 1. The summed E-state index contributed by atoms with van der Waals surface area (Å²) in [4.78, 5) is 11.2. The van der Waals surface area contributed by atoms with Crippen molar-refractivity contribution in [1.29, 1.82) is 0 Å². The molecule has 1 aromatic carbocycles. The predicted molar refractivity (Wildman–Crippen MR) is 63.3 cm³/mol.